The lowest BCUT2D eigenvalue weighted by Crippen LogP contribution is -2.50. The summed E-state index contributed by atoms with van der Waals surface area (Å²) in [5.74, 6) is 0.277. The molecule has 1 amide bonds. The van der Waals surface area contributed by atoms with Crippen molar-refractivity contribution in [3.63, 3.8) is 0 Å². The molecule has 4 rings (SSSR count). The second-order valence-corrected chi connectivity index (χ2v) is 9.12. The minimum atomic E-state index is -3.71. The highest BCUT2D eigenvalue weighted by Gasteiger charge is 2.38. The Morgan fingerprint density at radius 3 is 2.76 bits per heavy atom. The molecule has 0 saturated carbocycles. The van der Waals surface area contributed by atoms with Crippen molar-refractivity contribution in [1.82, 2.24) is 4.90 Å². The fraction of sp³-hybridized carbons (Fsp3) is 0.364. The molecule has 1 fully saturated rings. The SMILES string of the molecule is CCc1cccc(C)c1NC(=O)[C@@H]1CCCCN1C1=NS(=O)(=O)c2ccccc21. The number of carbonyl (C=O) groups excluding carboxylic acids is 1. The van der Waals surface area contributed by atoms with Crippen molar-refractivity contribution in [2.45, 2.75) is 50.5 Å². The van der Waals surface area contributed by atoms with Crippen LogP contribution in [0.4, 0.5) is 5.69 Å². The number of aryl methyl sites for hydroxylation is 2. The lowest BCUT2D eigenvalue weighted by atomic mass is 9.99. The summed E-state index contributed by atoms with van der Waals surface area (Å²) in [5, 5.41) is 3.11. The third-order valence-electron chi connectivity index (χ3n) is 5.68. The predicted molar refractivity (Wildman–Crippen MR) is 114 cm³/mol. The second-order valence-electron chi connectivity index (χ2n) is 7.54. The number of amides is 1. The van der Waals surface area contributed by atoms with Crippen molar-refractivity contribution in [2.75, 3.05) is 11.9 Å². The number of piperidine rings is 1. The van der Waals surface area contributed by atoms with Gasteiger partial charge in [0.1, 0.15) is 10.9 Å². The molecule has 2 heterocycles. The summed E-state index contributed by atoms with van der Waals surface area (Å²) in [5.41, 5.74) is 3.54. The number of benzene rings is 2. The van der Waals surface area contributed by atoms with Crippen LogP contribution in [0, 0.1) is 6.92 Å². The van der Waals surface area contributed by atoms with Crippen molar-refractivity contribution in [1.29, 1.82) is 0 Å². The molecule has 0 unspecified atom stereocenters. The molecule has 2 aliphatic rings. The zero-order valence-corrected chi connectivity index (χ0v) is 17.5. The Labute approximate surface area is 171 Å². The maximum atomic E-state index is 13.3. The minimum absolute atomic E-state index is 0.113. The van der Waals surface area contributed by atoms with Crippen LogP contribution in [0.15, 0.2) is 51.8 Å². The van der Waals surface area contributed by atoms with Gasteiger partial charge in [0.15, 0.2) is 5.84 Å². The molecular formula is C22H25N3O3S. The molecule has 152 valence electrons. The smallest absolute Gasteiger partial charge is 0.285 e. The number of hydrogen-bond donors (Lipinski definition) is 1. The molecule has 6 nitrogen and oxygen atoms in total. The van der Waals surface area contributed by atoms with Gasteiger partial charge >= 0.3 is 0 Å². The first kappa shape index (κ1) is 19.6. The molecule has 1 N–H and O–H groups in total. The summed E-state index contributed by atoms with van der Waals surface area (Å²) in [4.78, 5) is 15.4. The number of nitrogens with one attached hydrogen (secondary N) is 1. The van der Waals surface area contributed by atoms with Crippen LogP contribution in [-0.4, -0.2) is 37.6 Å². The number of fused-ring (bicyclic) bond motifs is 1. The third kappa shape index (κ3) is 3.55. The Kier molecular flexibility index (Phi) is 5.17. The van der Waals surface area contributed by atoms with Gasteiger partial charge in [-0.05, 0) is 55.9 Å². The Morgan fingerprint density at radius 2 is 1.97 bits per heavy atom. The van der Waals surface area contributed by atoms with E-state index in [0.29, 0.717) is 24.4 Å². The van der Waals surface area contributed by atoms with Crippen molar-refractivity contribution in [3.05, 3.63) is 59.2 Å². The Bertz CT molecular complexity index is 1090. The van der Waals surface area contributed by atoms with Gasteiger partial charge in [-0.3, -0.25) is 4.79 Å². The highest BCUT2D eigenvalue weighted by atomic mass is 32.2. The number of anilines is 1. The van der Waals surface area contributed by atoms with Crippen LogP contribution in [-0.2, 0) is 21.2 Å². The van der Waals surface area contributed by atoms with Gasteiger partial charge in [0.2, 0.25) is 5.91 Å². The van der Waals surface area contributed by atoms with E-state index in [9.17, 15) is 13.2 Å². The molecule has 7 heteroatoms. The van der Waals surface area contributed by atoms with Crippen LogP contribution in [0.3, 0.4) is 0 Å². The predicted octanol–water partition coefficient (Wildman–Crippen LogP) is 3.50. The van der Waals surface area contributed by atoms with Gasteiger partial charge in [-0.1, -0.05) is 37.3 Å². The second kappa shape index (κ2) is 7.63. The maximum absolute atomic E-state index is 13.3. The van der Waals surface area contributed by atoms with E-state index in [1.807, 2.05) is 30.0 Å². The monoisotopic (exact) mass is 411 g/mol. The van der Waals surface area contributed by atoms with Crippen LogP contribution < -0.4 is 5.32 Å². The van der Waals surface area contributed by atoms with Gasteiger partial charge < -0.3 is 10.2 Å². The molecule has 29 heavy (non-hydrogen) atoms. The van der Waals surface area contributed by atoms with Crippen molar-refractivity contribution >= 4 is 27.5 Å². The summed E-state index contributed by atoms with van der Waals surface area (Å²) >= 11 is 0. The number of hydrogen-bond acceptors (Lipinski definition) is 4. The zero-order chi connectivity index (χ0) is 20.6. The third-order valence-corrected chi connectivity index (χ3v) is 7.00. The summed E-state index contributed by atoms with van der Waals surface area (Å²) in [6, 6.07) is 12.4. The van der Waals surface area contributed by atoms with Crippen molar-refractivity contribution in [3.8, 4) is 0 Å². The van der Waals surface area contributed by atoms with E-state index in [0.717, 1.165) is 36.1 Å². The molecule has 2 aromatic rings. The average Bonchev–Trinajstić information content (AvgIpc) is 3.00. The van der Waals surface area contributed by atoms with Crippen LogP contribution in [0.1, 0.15) is 42.9 Å². The quantitative estimate of drug-likeness (QED) is 0.838. The average molecular weight is 412 g/mol. The number of nitrogens with zero attached hydrogens (tertiary/aromatic N) is 2. The van der Waals surface area contributed by atoms with Gasteiger partial charge in [0, 0.05) is 17.8 Å². The summed E-state index contributed by atoms with van der Waals surface area (Å²) in [6.07, 6.45) is 3.31. The minimum Gasteiger partial charge on any atom is -0.343 e. The maximum Gasteiger partial charge on any atom is 0.285 e. The number of para-hydroxylation sites is 1. The van der Waals surface area contributed by atoms with Crippen LogP contribution in [0.5, 0.6) is 0 Å². The van der Waals surface area contributed by atoms with E-state index in [2.05, 4.69) is 16.6 Å². The summed E-state index contributed by atoms with van der Waals surface area (Å²) in [7, 11) is -3.71. The van der Waals surface area contributed by atoms with E-state index >= 15 is 0 Å². The van der Waals surface area contributed by atoms with Crippen molar-refractivity contribution < 1.29 is 13.2 Å². The molecule has 0 bridgehead atoms. The molecule has 0 radical (unpaired) electrons. The zero-order valence-electron chi connectivity index (χ0n) is 16.7. The molecule has 0 spiro atoms. The Hall–Kier alpha value is -2.67. The summed E-state index contributed by atoms with van der Waals surface area (Å²) in [6.45, 7) is 4.65. The van der Waals surface area contributed by atoms with Crippen LogP contribution in [0.25, 0.3) is 0 Å². The Morgan fingerprint density at radius 1 is 1.17 bits per heavy atom. The first-order valence-electron chi connectivity index (χ1n) is 10.0. The fourth-order valence-electron chi connectivity index (χ4n) is 4.16. The molecular weight excluding hydrogens is 386 g/mol. The van der Waals surface area contributed by atoms with E-state index < -0.39 is 16.1 Å². The van der Waals surface area contributed by atoms with Crippen molar-refractivity contribution in [2.24, 2.45) is 4.40 Å². The van der Waals surface area contributed by atoms with Gasteiger partial charge in [-0.25, -0.2) is 0 Å². The molecule has 0 aliphatic carbocycles. The van der Waals surface area contributed by atoms with Crippen LogP contribution in [0.2, 0.25) is 0 Å². The number of likely N-dealkylation sites (tertiary alicyclic amines) is 1. The van der Waals surface area contributed by atoms with Gasteiger partial charge in [0.25, 0.3) is 10.0 Å². The van der Waals surface area contributed by atoms with Crippen LogP contribution >= 0.6 is 0 Å². The molecule has 1 atom stereocenters. The van der Waals surface area contributed by atoms with Gasteiger partial charge in [0.05, 0.1) is 0 Å². The van der Waals surface area contributed by atoms with E-state index in [-0.39, 0.29) is 10.8 Å². The lowest BCUT2D eigenvalue weighted by Gasteiger charge is -2.36. The van der Waals surface area contributed by atoms with Gasteiger partial charge in [-0.2, -0.15) is 8.42 Å². The summed E-state index contributed by atoms with van der Waals surface area (Å²) < 4.78 is 29.0. The first-order valence-corrected chi connectivity index (χ1v) is 11.5. The Balaban J connectivity index is 1.67. The number of amidine groups is 1. The highest BCUT2D eigenvalue weighted by Crippen LogP contribution is 2.31. The highest BCUT2D eigenvalue weighted by molar-refractivity contribution is 7.90. The standard InChI is InChI=1S/C22H25N3O3S/c1-3-16-10-8-9-15(2)20(16)23-22(26)18-12-6-7-14-25(18)21-17-11-4-5-13-19(17)29(27,28)24-21/h4-5,8-11,13,18H,3,6-7,12,14H2,1-2H3,(H,23,26)/t18-/m0/s1. The van der Waals surface area contributed by atoms with E-state index in [4.69, 9.17) is 0 Å². The molecule has 0 aromatic heterocycles. The first-order chi connectivity index (χ1) is 13.9. The van der Waals surface area contributed by atoms with E-state index in [1.54, 1.807) is 24.3 Å². The number of sulfonamides is 1. The van der Waals surface area contributed by atoms with Gasteiger partial charge in [-0.15, -0.1) is 4.40 Å². The largest absolute Gasteiger partial charge is 0.343 e. The van der Waals surface area contributed by atoms with E-state index in [1.165, 1.54) is 0 Å². The molecule has 2 aliphatic heterocycles. The molecule has 1 saturated heterocycles. The number of rotatable bonds is 3. The number of carbonyl (C=O) groups is 1. The topological polar surface area (TPSA) is 78.8 Å². The fourth-order valence-corrected chi connectivity index (χ4v) is 5.38. The lowest BCUT2D eigenvalue weighted by molar-refractivity contribution is -0.120. The molecule has 2 aromatic carbocycles. The normalized spacial score (nSPS) is 20.1.